The van der Waals surface area contributed by atoms with Crippen molar-refractivity contribution in [2.45, 2.75) is 52.1 Å². The van der Waals surface area contributed by atoms with E-state index in [-0.39, 0.29) is 17.5 Å². The summed E-state index contributed by atoms with van der Waals surface area (Å²) in [6.45, 7) is 4.28. The van der Waals surface area contributed by atoms with E-state index >= 15 is 0 Å². The lowest BCUT2D eigenvalue weighted by molar-refractivity contribution is -0.128. The van der Waals surface area contributed by atoms with E-state index in [0.717, 1.165) is 46.5 Å². The number of carbonyl (C=O) groups excluding carboxylic acids is 1. The molecule has 1 aliphatic carbocycles. The van der Waals surface area contributed by atoms with Crippen LogP contribution in [0.5, 0.6) is 0 Å². The van der Waals surface area contributed by atoms with Gasteiger partial charge in [0, 0.05) is 17.0 Å². The zero-order valence-electron chi connectivity index (χ0n) is 16.8. The normalized spacial score (nSPS) is 14.8. The maximum Gasteiger partial charge on any atom is 0.259 e. The number of fused-ring (bicyclic) bond motifs is 1. The summed E-state index contributed by atoms with van der Waals surface area (Å²) in [7, 11) is 0. The van der Waals surface area contributed by atoms with Gasteiger partial charge in [0.2, 0.25) is 5.91 Å². The Morgan fingerprint density at radius 2 is 1.97 bits per heavy atom. The number of carbonyl (C=O) groups is 1. The maximum absolute atomic E-state index is 13.0. The lowest BCUT2D eigenvalue weighted by Crippen LogP contribution is -2.38. The Morgan fingerprint density at radius 3 is 2.69 bits per heavy atom. The predicted molar refractivity (Wildman–Crippen MR) is 118 cm³/mol. The molecule has 0 bridgehead atoms. The molecule has 1 amide bonds. The molecule has 0 saturated heterocycles. The van der Waals surface area contributed by atoms with Gasteiger partial charge in [-0.25, -0.2) is 4.98 Å². The van der Waals surface area contributed by atoms with Crippen LogP contribution in [0.2, 0.25) is 0 Å². The van der Waals surface area contributed by atoms with Gasteiger partial charge in [-0.1, -0.05) is 43.2 Å². The second kappa shape index (κ2) is 8.33. The molecule has 1 saturated carbocycles. The zero-order valence-corrected chi connectivity index (χ0v) is 17.6. The van der Waals surface area contributed by atoms with E-state index in [1.54, 1.807) is 6.08 Å². The number of nitrogens with zero attached hydrogens (tertiary/aromatic N) is 2. The third-order valence-corrected chi connectivity index (χ3v) is 6.78. The van der Waals surface area contributed by atoms with Crippen molar-refractivity contribution in [3.05, 3.63) is 68.6 Å². The molecular weight excluding hydrogens is 382 g/mol. The topological polar surface area (TPSA) is 66.1 Å². The quantitative estimate of drug-likeness (QED) is 0.629. The fraction of sp³-hybridized carbons (Fsp3) is 0.348. The van der Waals surface area contributed by atoms with Crippen LogP contribution < -0.4 is 5.56 Å². The van der Waals surface area contributed by atoms with Gasteiger partial charge in [-0.05, 0) is 43.9 Å². The van der Waals surface area contributed by atoms with Crippen molar-refractivity contribution in [2.24, 2.45) is 0 Å². The molecule has 2 aromatic heterocycles. The number of nitrogens with one attached hydrogen (secondary N) is 1. The second-order valence-corrected chi connectivity index (χ2v) is 8.83. The first-order valence-corrected chi connectivity index (χ1v) is 10.9. The second-order valence-electron chi connectivity index (χ2n) is 7.62. The highest BCUT2D eigenvalue weighted by molar-refractivity contribution is 7.18. The molecule has 29 heavy (non-hydrogen) atoms. The maximum atomic E-state index is 13.0. The molecule has 4 rings (SSSR count). The molecule has 0 atom stereocenters. The molecule has 0 unspecified atom stereocenters. The molecule has 3 aromatic rings. The van der Waals surface area contributed by atoms with Gasteiger partial charge in [0.05, 0.1) is 11.9 Å². The van der Waals surface area contributed by atoms with Crippen LogP contribution in [-0.4, -0.2) is 26.8 Å². The summed E-state index contributed by atoms with van der Waals surface area (Å²) in [6.07, 6.45) is 7.72. The summed E-state index contributed by atoms with van der Waals surface area (Å²) >= 11 is 1.53. The lowest BCUT2D eigenvalue weighted by Gasteiger charge is -2.27. The number of rotatable bonds is 5. The van der Waals surface area contributed by atoms with Gasteiger partial charge in [0.25, 0.3) is 5.56 Å². The van der Waals surface area contributed by atoms with Gasteiger partial charge < -0.3 is 9.88 Å². The van der Waals surface area contributed by atoms with Crippen molar-refractivity contribution >= 4 is 33.5 Å². The minimum absolute atomic E-state index is 0.0398. The number of aryl methyl sites for hydroxylation is 2. The largest absolute Gasteiger partial charge is 0.329 e. The number of hydrogen-bond donors (Lipinski definition) is 1. The van der Waals surface area contributed by atoms with Crippen molar-refractivity contribution in [3.63, 3.8) is 0 Å². The minimum atomic E-state index is -0.120. The van der Waals surface area contributed by atoms with Crippen LogP contribution >= 0.6 is 11.3 Å². The Labute approximate surface area is 174 Å². The Bertz CT molecular complexity index is 1110. The van der Waals surface area contributed by atoms with E-state index in [0.29, 0.717) is 17.8 Å². The molecule has 0 aliphatic heterocycles. The predicted octanol–water partition coefficient (Wildman–Crippen LogP) is 4.59. The van der Waals surface area contributed by atoms with Gasteiger partial charge in [0.15, 0.2) is 0 Å². The van der Waals surface area contributed by atoms with Crippen molar-refractivity contribution in [1.29, 1.82) is 0 Å². The van der Waals surface area contributed by atoms with Crippen molar-refractivity contribution < 1.29 is 4.79 Å². The van der Waals surface area contributed by atoms with Crippen LogP contribution in [0.1, 0.15) is 47.5 Å². The monoisotopic (exact) mass is 407 g/mol. The summed E-state index contributed by atoms with van der Waals surface area (Å²) in [5, 5.41) is 0.666. The summed E-state index contributed by atoms with van der Waals surface area (Å²) in [5.74, 6) is 0.513. The third kappa shape index (κ3) is 4.17. The molecule has 6 heteroatoms. The Kier molecular flexibility index (Phi) is 5.62. The van der Waals surface area contributed by atoms with Crippen LogP contribution in [0.3, 0.4) is 0 Å². The fourth-order valence-corrected chi connectivity index (χ4v) is 5.01. The van der Waals surface area contributed by atoms with Gasteiger partial charge in [-0.2, -0.15) is 0 Å². The third-order valence-electron chi connectivity index (χ3n) is 5.67. The molecule has 150 valence electrons. The molecule has 1 fully saturated rings. The van der Waals surface area contributed by atoms with Crippen LogP contribution in [-0.2, 0) is 11.3 Å². The highest BCUT2D eigenvalue weighted by Gasteiger charge is 2.26. The number of thiophene rings is 1. The summed E-state index contributed by atoms with van der Waals surface area (Å²) in [6, 6.07) is 9.99. The summed E-state index contributed by atoms with van der Waals surface area (Å²) < 4.78 is 0. The first kappa shape index (κ1) is 19.6. The number of benzene rings is 1. The molecule has 1 N–H and O–H groups in total. The van der Waals surface area contributed by atoms with Gasteiger partial charge in [0.1, 0.15) is 10.7 Å². The minimum Gasteiger partial charge on any atom is -0.329 e. The average molecular weight is 408 g/mol. The van der Waals surface area contributed by atoms with Crippen molar-refractivity contribution in [3.8, 4) is 0 Å². The van der Waals surface area contributed by atoms with Crippen LogP contribution in [0.25, 0.3) is 16.3 Å². The van der Waals surface area contributed by atoms with Crippen LogP contribution in [0.15, 0.2) is 41.2 Å². The van der Waals surface area contributed by atoms with E-state index in [9.17, 15) is 9.59 Å². The van der Waals surface area contributed by atoms with Crippen LogP contribution in [0, 0.1) is 13.8 Å². The van der Waals surface area contributed by atoms with E-state index in [2.05, 4.69) is 9.97 Å². The van der Waals surface area contributed by atoms with E-state index < -0.39 is 0 Å². The Hall–Kier alpha value is -2.73. The van der Waals surface area contributed by atoms with Gasteiger partial charge in [-0.15, -0.1) is 11.3 Å². The molecule has 0 radical (unpaired) electrons. The van der Waals surface area contributed by atoms with Crippen molar-refractivity contribution in [2.75, 3.05) is 0 Å². The van der Waals surface area contributed by atoms with Gasteiger partial charge >= 0.3 is 0 Å². The smallest absolute Gasteiger partial charge is 0.259 e. The fourth-order valence-electron chi connectivity index (χ4n) is 3.97. The van der Waals surface area contributed by atoms with Crippen LogP contribution in [0.4, 0.5) is 0 Å². The lowest BCUT2D eigenvalue weighted by atomic mass is 10.1. The standard InChI is InChI=1S/C23H25N3O2S/c1-15-16(2)29-23-21(15)22(28)24-19(25-23)14-26(18-10-6-7-11-18)20(27)13-12-17-8-4-3-5-9-17/h3-5,8-9,12-13,18H,6-7,10-11,14H2,1-2H3,(H,24,25,28)/b13-12+. The molecular formula is C23H25N3O2S. The van der Waals surface area contributed by atoms with Gasteiger partial charge in [-0.3, -0.25) is 9.59 Å². The zero-order chi connectivity index (χ0) is 20.4. The Morgan fingerprint density at radius 1 is 1.24 bits per heavy atom. The number of aromatic amines is 1. The summed E-state index contributed by atoms with van der Waals surface area (Å²) in [5.41, 5.74) is 1.86. The highest BCUT2D eigenvalue weighted by Crippen LogP contribution is 2.27. The SMILES string of the molecule is Cc1sc2nc(CN(C(=O)/C=C/c3ccccc3)C3CCCC3)[nH]c(=O)c2c1C. The molecule has 1 aliphatic rings. The highest BCUT2D eigenvalue weighted by atomic mass is 32.1. The number of hydrogen-bond acceptors (Lipinski definition) is 4. The first-order valence-electron chi connectivity index (χ1n) is 10.1. The number of amides is 1. The van der Waals surface area contributed by atoms with Crippen molar-refractivity contribution in [1.82, 2.24) is 14.9 Å². The molecule has 5 nitrogen and oxygen atoms in total. The molecule has 1 aromatic carbocycles. The van der Waals surface area contributed by atoms with E-state index in [1.165, 1.54) is 11.3 Å². The number of aromatic nitrogens is 2. The molecule has 2 heterocycles. The summed E-state index contributed by atoms with van der Waals surface area (Å²) in [4.78, 5) is 36.9. The Balaban J connectivity index is 1.62. The van der Waals surface area contributed by atoms with E-state index in [1.807, 2.05) is 55.2 Å². The first-order chi connectivity index (χ1) is 14.0. The van der Waals surface area contributed by atoms with E-state index in [4.69, 9.17) is 0 Å². The number of H-pyrrole nitrogens is 1. The molecule has 0 spiro atoms. The average Bonchev–Trinajstić information content (AvgIpc) is 3.34.